The fourth-order valence-corrected chi connectivity index (χ4v) is 1.94. The number of rotatable bonds is 3. The maximum atomic E-state index is 12.1. The van der Waals surface area contributed by atoms with Gasteiger partial charge in [0, 0.05) is 12.0 Å². The lowest BCUT2D eigenvalue weighted by Crippen LogP contribution is -2.04. The van der Waals surface area contributed by atoms with Gasteiger partial charge in [-0.05, 0) is 25.0 Å². The van der Waals surface area contributed by atoms with Crippen LogP contribution < -0.4 is 0 Å². The molecule has 0 spiro atoms. The van der Waals surface area contributed by atoms with Gasteiger partial charge in [0.25, 0.3) is 0 Å². The monoisotopic (exact) mass is 224 g/mol. The van der Waals surface area contributed by atoms with Gasteiger partial charge in [-0.2, -0.15) is 0 Å². The summed E-state index contributed by atoms with van der Waals surface area (Å²) in [6, 6.07) is 15.7. The molecule has 0 N–H and O–H groups in total. The molecule has 0 heterocycles. The van der Waals surface area contributed by atoms with E-state index in [-0.39, 0.29) is 5.78 Å². The van der Waals surface area contributed by atoms with E-state index in [9.17, 15) is 4.79 Å². The maximum Gasteiger partial charge on any atom is 0.167 e. The van der Waals surface area contributed by atoms with E-state index >= 15 is 0 Å². The van der Waals surface area contributed by atoms with Crippen molar-refractivity contribution in [3.8, 4) is 0 Å². The summed E-state index contributed by atoms with van der Waals surface area (Å²) in [5.74, 6) is 0.178. The first kappa shape index (κ1) is 11.6. The average molecular weight is 224 g/mol. The van der Waals surface area contributed by atoms with Gasteiger partial charge in [-0.3, -0.25) is 4.79 Å². The molecule has 86 valence electrons. The van der Waals surface area contributed by atoms with Crippen molar-refractivity contribution in [2.75, 3.05) is 0 Å². The number of hydrogen-bond acceptors (Lipinski definition) is 1. The van der Waals surface area contributed by atoms with Crippen molar-refractivity contribution in [1.29, 1.82) is 0 Å². The van der Waals surface area contributed by atoms with Gasteiger partial charge in [-0.15, -0.1) is 0 Å². The molecule has 0 atom stereocenters. The minimum atomic E-state index is 0.178. The lowest BCUT2D eigenvalue weighted by molar-refractivity contribution is 0.0993. The number of benzene rings is 2. The highest BCUT2D eigenvalue weighted by Gasteiger charge is 2.08. The van der Waals surface area contributed by atoms with Crippen molar-refractivity contribution < 1.29 is 4.79 Å². The minimum absolute atomic E-state index is 0.178. The van der Waals surface area contributed by atoms with E-state index < -0.39 is 0 Å². The zero-order chi connectivity index (χ0) is 12.3. The standard InChI is InChI=1S/C16H16O/c1-12-8-9-15(13(2)10-12)11-16(17)14-6-4-3-5-7-14/h3-10H,11H2,1-2H3. The van der Waals surface area contributed by atoms with Gasteiger partial charge in [0.15, 0.2) is 5.78 Å². The van der Waals surface area contributed by atoms with Crippen LogP contribution in [0.1, 0.15) is 27.0 Å². The average Bonchev–Trinajstić information content (AvgIpc) is 2.34. The van der Waals surface area contributed by atoms with Crippen LogP contribution in [0.5, 0.6) is 0 Å². The minimum Gasteiger partial charge on any atom is -0.294 e. The van der Waals surface area contributed by atoms with Crippen molar-refractivity contribution >= 4 is 5.78 Å². The summed E-state index contributed by atoms with van der Waals surface area (Å²) in [4.78, 5) is 12.1. The number of aryl methyl sites for hydroxylation is 2. The Morgan fingerprint density at radius 3 is 2.35 bits per heavy atom. The first-order chi connectivity index (χ1) is 8.16. The van der Waals surface area contributed by atoms with E-state index in [1.165, 1.54) is 11.1 Å². The van der Waals surface area contributed by atoms with E-state index in [0.29, 0.717) is 6.42 Å². The summed E-state index contributed by atoms with van der Waals surface area (Å²) in [6.07, 6.45) is 0.482. The third-order valence-electron chi connectivity index (χ3n) is 2.94. The number of carbonyl (C=O) groups is 1. The lowest BCUT2D eigenvalue weighted by atomic mass is 9.98. The summed E-state index contributed by atoms with van der Waals surface area (Å²) >= 11 is 0. The second-order valence-electron chi connectivity index (χ2n) is 4.40. The highest BCUT2D eigenvalue weighted by Crippen LogP contribution is 2.13. The molecule has 2 aromatic carbocycles. The molecule has 0 aliphatic rings. The van der Waals surface area contributed by atoms with Gasteiger partial charge in [-0.25, -0.2) is 0 Å². The van der Waals surface area contributed by atoms with Gasteiger partial charge in [0.05, 0.1) is 0 Å². The summed E-state index contributed by atoms with van der Waals surface area (Å²) in [5, 5.41) is 0. The zero-order valence-corrected chi connectivity index (χ0v) is 10.2. The largest absolute Gasteiger partial charge is 0.294 e. The summed E-state index contributed by atoms with van der Waals surface area (Å²) in [6.45, 7) is 4.12. The molecule has 0 amide bonds. The molecule has 0 radical (unpaired) electrons. The van der Waals surface area contributed by atoms with E-state index in [4.69, 9.17) is 0 Å². The molecular formula is C16H16O. The number of hydrogen-bond donors (Lipinski definition) is 0. The van der Waals surface area contributed by atoms with Crippen molar-refractivity contribution in [1.82, 2.24) is 0 Å². The third-order valence-corrected chi connectivity index (χ3v) is 2.94. The molecule has 17 heavy (non-hydrogen) atoms. The van der Waals surface area contributed by atoms with Gasteiger partial charge in [-0.1, -0.05) is 54.1 Å². The molecule has 1 heteroatoms. The Kier molecular flexibility index (Phi) is 3.38. The first-order valence-electron chi connectivity index (χ1n) is 5.81. The number of Topliss-reactive ketones (excluding diaryl/α,β-unsaturated/α-hetero) is 1. The fourth-order valence-electron chi connectivity index (χ4n) is 1.94. The molecule has 1 nitrogen and oxygen atoms in total. The predicted octanol–water partition coefficient (Wildman–Crippen LogP) is 3.73. The Bertz CT molecular complexity index is 526. The van der Waals surface area contributed by atoms with Gasteiger partial charge < -0.3 is 0 Å². The summed E-state index contributed by atoms with van der Waals surface area (Å²) in [7, 11) is 0. The van der Waals surface area contributed by atoms with Gasteiger partial charge >= 0.3 is 0 Å². The highest BCUT2D eigenvalue weighted by atomic mass is 16.1. The molecule has 2 aromatic rings. The molecule has 0 aromatic heterocycles. The molecule has 0 aliphatic carbocycles. The van der Waals surface area contributed by atoms with Crippen LogP contribution in [0.25, 0.3) is 0 Å². The second kappa shape index (κ2) is 4.96. The predicted molar refractivity (Wildman–Crippen MR) is 70.4 cm³/mol. The zero-order valence-electron chi connectivity index (χ0n) is 10.2. The maximum absolute atomic E-state index is 12.1. The van der Waals surface area contributed by atoms with Crippen LogP contribution in [0.3, 0.4) is 0 Å². The van der Waals surface area contributed by atoms with Crippen LogP contribution in [0.15, 0.2) is 48.5 Å². The molecule has 0 saturated carbocycles. The van der Waals surface area contributed by atoms with Crippen molar-refractivity contribution in [2.45, 2.75) is 20.3 Å². The van der Waals surface area contributed by atoms with Crippen LogP contribution >= 0.6 is 0 Å². The Morgan fingerprint density at radius 2 is 1.71 bits per heavy atom. The van der Waals surface area contributed by atoms with Crippen molar-refractivity contribution in [3.05, 3.63) is 70.8 Å². The Balaban J connectivity index is 2.19. The van der Waals surface area contributed by atoms with Crippen molar-refractivity contribution in [3.63, 3.8) is 0 Å². The third kappa shape index (κ3) is 2.82. The lowest BCUT2D eigenvalue weighted by Gasteiger charge is -2.06. The summed E-state index contributed by atoms with van der Waals surface area (Å²) < 4.78 is 0. The Hall–Kier alpha value is -1.89. The summed E-state index contributed by atoms with van der Waals surface area (Å²) in [5.41, 5.74) is 4.32. The van der Waals surface area contributed by atoms with Crippen LogP contribution in [0.4, 0.5) is 0 Å². The van der Waals surface area contributed by atoms with Crippen molar-refractivity contribution in [2.24, 2.45) is 0 Å². The molecule has 2 rings (SSSR count). The Morgan fingerprint density at radius 1 is 1.00 bits per heavy atom. The smallest absolute Gasteiger partial charge is 0.167 e. The molecule has 0 unspecified atom stereocenters. The van der Waals surface area contributed by atoms with Crippen LogP contribution in [0, 0.1) is 13.8 Å². The SMILES string of the molecule is Cc1ccc(CC(=O)c2ccccc2)c(C)c1. The van der Waals surface area contributed by atoms with E-state index in [1.807, 2.05) is 36.4 Å². The topological polar surface area (TPSA) is 17.1 Å². The van der Waals surface area contributed by atoms with E-state index in [2.05, 4.69) is 26.0 Å². The second-order valence-corrected chi connectivity index (χ2v) is 4.40. The quantitative estimate of drug-likeness (QED) is 0.726. The van der Waals surface area contributed by atoms with Gasteiger partial charge in [0.2, 0.25) is 0 Å². The van der Waals surface area contributed by atoms with Crippen LogP contribution in [-0.2, 0) is 6.42 Å². The van der Waals surface area contributed by atoms with E-state index in [0.717, 1.165) is 11.1 Å². The van der Waals surface area contributed by atoms with Gasteiger partial charge in [0.1, 0.15) is 0 Å². The fraction of sp³-hybridized carbons (Fsp3) is 0.188. The number of carbonyl (C=O) groups excluding carboxylic acids is 1. The molecule has 0 aliphatic heterocycles. The first-order valence-corrected chi connectivity index (χ1v) is 5.81. The normalized spacial score (nSPS) is 10.2. The number of ketones is 1. The van der Waals surface area contributed by atoms with E-state index in [1.54, 1.807) is 0 Å². The molecular weight excluding hydrogens is 208 g/mol. The molecule has 0 saturated heterocycles. The van der Waals surface area contributed by atoms with Crippen LogP contribution in [0.2, 0.25) is 0 Å². The Labute approximate surface area is 102 Å². The molecule has 0 fully saturated rings. The molecule has 0 bridgehead atoms. The highest BCUT2D eigenvalue weighted by molar-refractivity contribution is 5.97. The van der Waals surface area contributed by atoms with Crippen LogP contribution in [-0.4, -0.2) is 5.78 Å².